The smallest absolute Gasteiger partial charge is 0.383 e. The number of nitriles is 1. The molecule has 0 spiro atoms. The van der Waals surface area contributed by atoms with E-state index in [1.165, 1.54) is 13.0 Å². The third-order valence-corrected chi connectivity index (χ3v) is 4.86. The molecule has 0 saturated carbocycles. The Morgan fingerprint density at radius 2 is 1.65 bits per heavy atom. The van der Waals surface area contributed by atoms with Crippen molar-refractivity contribution < 1.29 is 26.3 Å². The molecular weight excluding hydrogens is 486 g/mol. The average Bonchev–Trinajstić information content (AvgIpc) is 2.73. The van der Waals surface area contributed by atoms with Crippen LogP contribution in [0.1, 0.15) is 22.3 Å². The fraction of sp³-hybridized carbons (Fsp3) is 0.143. The molecule has 0 fully saturated rings. The summed E-state index contributed by atoms with van der Waals surface area (Å²) < 4.78 is 78.2. The second-order valence-corrected chi connectivity index (χ2v) is 7.28. The van der Waals surface area contributed by atoms with Gasteiger partial charge < -0.3 is 11.1 Å². The first-order chi connectivity index (χ1) is 15.8. The molecule has 34 heavy (non-hydrogen) atoms. The summed E-state index contributed by atoms with van der Waals surface area (Å²) in [6, 6.07) is 8.43. The highest BCUT2D eigenvalue weighted by atomic mass is 35.5. The number of alkyl halides is 6. The molecule has 1 heterocycles. The van der Waals surface area contributed by atoms with Gasteiger partial charge in [0.15, 0.2) is 5.82 Å². The molecule has 6 nitrogen and oxygen atoms in total. The van der Waals surface area contributed by atoms with Crippen LogP contribution in [0.25, 0.3) is 0 Å². The Morgan fingerprint density at radius 1 is 1.00 bits per heavy atom. The van der Waals surface area contributed by atoms with E-state index in [4.69, 9.17) is 17.3 Å². The molecule has 0 aliphatic rings. The minimum absolute atomic E-state index is 0.0283. The number of benzene rings is 2. The highest BCUT2D eigenvalue weighted by Crippen LogP contribution is 2.39. The van der Waals surface area contributed by atoms with Crippen molar-refractivity contribution in [1.82, 2.24) is 4.98 Å². The molecule has 2 aromatic carbocycles. The summed E-state index contributed by atoms with van der Waals surface area (Å²) in [5.74, 6) is -0.397. The summed E-state index contributed by atoms with van der Waals surface area (Å²) in [5, 5.41) is 19.5. The normalized spacial score (nSPS) is 12.1. The number of aromatic nitrogens is 1. The molecule has 0 aliphatic heterocycles. The molecule has 0 atom stereocenters. The van der Waals surface area contributed by atoms with Crippen LogP contribution in [0.5, 0.6) is 0 Å². The van der Waals surface area contributed by atoms with E-state index in [-0.39, 0.29) is 44.8 Å². The molecule has 0 radical (unpaired) electrons. The predicted molar refractivity (Wildman–Crippen MR) is 113 cm³/mol. The monoisotopic (exact) mass is 498 g/mol. The maximum atomic E-state index is 13.1. The lowest BCUT2D eigenvalue weighted by molar-refractivity contribution is -0.138. The maximum absolute atomic E-state index is 13.1. The van der Waals surface area contributed by atoms with Crippen molar-refractivity contribution in [3.8, 4) is 6.07 Å². The molecule has 0 aliphatic carbocycles. The number of hydrogen-bond donors (Lipinski definition) is 2. The molecule has 3 aromatic rings. The topological polar surface area (TPSA) is 99.5 Å². The van der Waals surface area contributed by atoms with Crippen LogP contribution in [0.3, 0.4) is 0 Å². The van der Waals surface area contributed by atoms with E-state index >= 15 is 0 Å². The Hall–Kier alpha value is -3.85. The number of azo groups is 1. The van der Waals surface area contributed by atoms with E-state index in [1.54, 1.807) is 0 Å². The predicted octanol–water partition coefficient (Wildman–Crippen LogP) is 7.69. The highest BCUT2D eigenvalue weighted by Gasteiger charge is 2.31. The fourth-order valence-corrected chi connectivity index (χ4v) is 3.00. The van der Waals surface area contributed by atoms with Gasteiger partial charge >= 0.3 is 12.4 Å². The number of nitrogen functional groups attached to an aromatic ring is 1. The third-order valence-electron chi connectivity index (χ3n) is 4.54. The number of nitrogens with zero attached hydrogens (tertiary/aromatic N) is 4. The largest absolute Gasteiger partial charge is 0.416 e. The Kier molecular flexibility index (Phi) is 6.70. The Bertz CT molecular complexity index is 1310. The van der Waals surface area contributed by atoms with Gasteiger partial charge in [-0.1, -0.05) is 17.7 Å². The van der Waals surface area contributed by atoms with Gasteiger partial charge in [0, 0.05) is 11.3 Å². The van der Waals surface area contributed by atoms with Gasteiger partial charge in [0.25, 0.3) is 0 Å². The van der Waals surface area contributed by atoms with Crippen LogP contribution in [-0.4, -0.2) is 4.98 Å². The van der Waals surface area contributed by atoms with Gasteiger partial charge in [-0.2, -0.15) is 31.6 Å². The number of nitrogens with two attached hydrogens (primary N) is 1. The minimum Gasteiger partial charge on any atom is -0.383 e. The van der Waals surface area contributed by atoms with Crippen LogP contribution >= 0.6 is 11.6 Å². The Balaban J connectivity index is 2.11. The zero-order chi connectivity index (χ0) is 25.3. The summed E-state index contributed by atoms with van der Waals surface area (Å²) in [6.07, 6.45) is -9.26. The van der Waals surface area contributed by atoms with Crippen molar-refractivity contribution in [2.24, 2.45) is 10.2 Å². The van der Waals surface area contributed by atoms with Gasteiger partial charge in [-0.25, -0.2) is 4.98 Å². The number of rotatable bonds is 4. The van der Waals surface area contributed by atoms with Crippen LogP contribution < -0.4 is 11.1 Å². The molecule has 0 unspecified atom stereocenters. The molecule has 176 valence electrons. The Labute approximate surface area is 193 Å². The van der Waals surface area contributed by atoms with Crippen molar-refractivity contribution in [3.05, 3.63) is 69.7 Å². The van der Waals surface area contributed by atoms with Crippen LogP contribution in [0.15, 0.2) is 52.7 Å². The highest BCUT2D eigenvalue weighted by molar-refractivity contribution is 6.33. The molecule has 3 N–H and O–H groups in total. The molecule has 3 rings (SSSR count). The second kappa shape index (κ2) is 9.18. The van der Waals surface area contributed by atoms with Gasteiger partial charge in [0.05, 0.1) is 21.7 Å². The summed E-state index contributed by atoms with van der Waals surface area (Å²) in [4.78, 5) is 3.98. The lowest BCUT2D eigenvalue weighted by atomic mass is 10.1. The maximum Gasteiger partial charge on any atom is 0.416 e. The second-order valence-electron chi connectivity index (χ2n) is 6.87. The van der Waals surface area contributed by atoms with Crippen LogP contribution in [-0.2, 0) is 12.4 Å². The average molecular weight is 499 g/mol. The zero-order valence-electron chi connectivity index (χ0n) is 17.1. The molecule has 0 amide bonds. The Morgan fingerprint density at radius 3 is 2.26 bits per heavy atom. The van der Waals surface area contributed by atoms with E-state index in [9.17, 15) is 31.6 Å². The van der Waals surface area contributed by atoms with Gasteiger partial charge in [0.2, 0.25) is 0 Å². The number of nitrogens with one attached hydrogen (secondary N) is 1. The van der Waals surface area contributed by atoms with Crippen molar-refractivity contribution in [1.29, 1.82) is 5.26 Å². The third kappa shape index (κ3) is 5.37. The van der Waals surface area contributed by atoms with E-state index in [0.717, 1.165) is 30.3 Å². The fourth-order valence-electron chi connectivity index (χ4n) is 2.85. The molecule has 0 bridgehead atoms. The van der Waals surface area contributed by atoms with Gasteiger partial charge in [-0.3, -0.25) is 0 Å². The van der Waals surface area contributed by atoms with E-state index < -0.39 is 23.5 Å². The van der Waals surface area contributed by atoms with Crippen LogP contribution in [0.4, 0.5) is 55.0 Å². The molecule has 13 heteroatoms. The summed E-state index contributed by atoms with van der Waals surface area (Å²) in [7, 11) is 0. The lowest BCUT2D eigenvalue weighted by Crippen LogP contribution is -2.06. The number of hydrogen-bond acceptors (Lipinski definition) is 6. The van der Waals surface area contributed by atoms with Gasteiger partial charge in [-0.15, -0.1) is 10.2 Å². The first kappa shape index (κ1) is 24.8. The van der Waals surface area contributed by atoms with Gasteiger partial charge in [0.1, 0.15) is 23.3 Å². The number of anilines is 3. The van der Waals surface area contributed by atoms with Crippen molar-refractivity contribution in [3.63, 3.8) is 0 Å². The van der Waals surface area contributed by atoms with Crippen LogP contribution in [0.2, 0.25) is 5.02 Å². The first-order valence-corrected chi connectivity index (χ1v) is 9.62. The van der Waals surface area contributed by atoms with Crippen molar-refractivity contribution >= 4 is 40.3 Å². The summed E-state index contributed by atoms with van der Waals surface area (Å²) in [6.45, 7) is 1.43. The number of halogens is 7. The van der Waals surface area contributed by atoms with E-state index in [0.29, 0.717) is 6.07 Å². The SMILES string of the molecule is Cc1c(C#N)c(N)nc(Nc2cccc(C(F)(F)F)c2)c1/N=N/c1cc(C(F)(F)F)ccc1Cl. The quantitative estimate of drug-likeness (QED) is 0.284. The standard InChI is InChI=1S/C21H13ClF6N6/c1-10-14(9-29)18(30)32-19(31-13-4-2-3-11(7-13)20(23,24)25)17(10)34-33-16-8-12(21(26,27)28)5-6-15(16)22/h2-8H,1H3,(H3,30,31,32)/b34-33+. The summed E-state index contributed by atoms with van der Waals surface area (Å²) in [5.41, 5.74) is 3.42. The van der Waals surface area contributed by atoms with E-state index in [1.807, 2.05) is 6.07 Å². The summed E-state index contributed by atoms with van der Waals surface area (Å²) >= 11 is 5.93. The zero-order valence-corrected chi connectivity index (χ0v) is 17.8. The number of pyridine rings is 1. The minimum atomic E-state index is -4.66. The van der Waals surface area contributed by atoms with Crippen LogP contribution in [0, 0.1) is 18.3 Å². The van der Waals surface area contributed by atoms with Gasteiger partial charge in [-0.05, 0) is 43.3 Å². The lowest BCUT2D eigenvalue weighted by Gasteiger charge is -2.14. The molecule has 0 saturated heterocycles. The molecule has 1 aromatic heterocycles. The molecular formula is C21H13ClF6N6. The van der Waals surface area contributed by atoms with Crippen molar-refractivity contribution in [2.75, 3.05) is 11.1 Å². The van der Waals surface area contributed by atoms with E-state index in [2.05, 4.69) is 20.5 Å². The first-order valence-electron chi connectivity index (χ1n) is 9.24. The van der Waals surface area contributed by atoms with Crippen molar-refractivity contribution in [2.45, 2.75) is 19.3 Å².